The van der Waals surface area contributed by atoms with Crippen LogP contribution in [0.1, 0.15) is 21.6 Å². The van der Waals surface area contributed by atoms with E-state index in [0.717, 1.165) is 16.8 Å². The van der Waals surface area contributed by atoms with Crippen molar-refractivity contribution in [1.29, 1.82) is 0 Å². The lowest BCUT2D eigenvalue weighted by atomic mass is 10.1. The standard InChI is InChI=1S/C24H22N4O2/c1-30-22-13-6-5-12-20(22)23-21(24(29)26-15-19-11-7-8-14-25-19)17-28(27-23)16-18-9-3-2-4-10-18/h2-14,17H,15-16H2,1H3,(H,26,29). The molecule has 0 unspecified atom stereocenters. The lowest BCUT2D eigenvalue weighted by molar-refractivity contribution is 0.0951. The Morgan fingerprint density at radius 3 is 2.53 bits per heavy atom. The number of rotatable bonds is 7. The van der Waals surface area contributed by atoms with Crippen LogP contribution in [0.2, 0.25) is 0 Å². The Labute approximate surface area is 175 Å². The first-order chi connectivity index (χ1) is 14.7. The Bertz CT molecular complexity index is 1120. The molecule has 0 bridgehead atoms. The minimum Gasteiger partial charge on any atom is -0.496 e. The zero-order chi connectivity index (χ0) is 20.8. The highest BCUT2D eigenvalue weighted by Gasteiger charge is 2.20. The highest BCUT2D eigenvalue weighted by molar-refractivity contribution is 6.00. The Kier molecular flexibility index (Phi) is 5.85. The van der Waals surface area contributed by atoms with Crippen molar-refractivity contribution in [2.45, 2.75) is 13.1 Å². The summed E-state index contributed by atoms with van der Waals surface area (Å²) in [7, 11) is 1.61. The predicted octanol–water partition coefficient (Wildman–Crippen LogP) is 3.93. The average molecular weight is 398 g/mol. The Morgan fingerprint density at radius 2 is 1.77 bits per heavy atom. The van der Waals surface area contributed by atoms with Crippen LogP contribution >= 0.6 is 0 Å². The smallest absolute Gasteiger partial charge is 0.255 e. The van der Waals surface area contributed by atoms with Crippen molar-refractivity contribution in [3.63, 3.8) is 0 Å². The third-order valence-electron chi connectivity index (χ3n) is 4.71. The van der Waals surface area contributed by atoms with Crippen LogP contribution in [0, 0.1) is 0 Å². The largest absolute Gasteiger partial charge is 0.496 e. The number of carbonyl (C=O) groups is 1. The molecule has 0 aliphatic rings. The van der Waals surface area contributed by atoms with Crippen LogP contribution in [0.25, 0.3) is 11.3 Å². The van der Waals surface area contributed by atoms with Crippen molar-refractivity contribution in [2.24, 2.45) is 0 Å². The fourth-order valence-corrected chi connectivity index (χ4v) is 3.25. The van der Waals surface area contributed by atoms with E-state index in [2.05, 4.69) is 10.3 Å². The number of aromatic nitrogens is 3. The monoisotopic (exact) mass is 398 g/mol. The summed E-state index contributed by atoms with van der Waals surface area (Å²) < 4.78 is 7.28. The van der Waals surface area contributed by atoms with Crippen molar-refractivity contribution >= 4 is 5.91 Å². The van der Waals surface area contributed by atoms with Crippen LogP contribution in [-0.2, 0) is 13.1 Å². The van der Waals surface area contributed by atoms with Gasteiger partial charge in [0.05, 0.1) is 31.5 Å². The number of amides is 1. The molecule has 0 fully saturated rings. The predicted molar refractivity (Wildman–Crippen MR) is 115 cm³/mol. The molecule has 1 amide bonds. The number of carbonyl (C=O) groups excluding carboxylic acids is 1. The average Bonchev–Trinajstić information content (AvgIpc) is 3.22. The number of benzene rings is 2. The van der Waals surface area contributed by atoms with Gasteiger partial charge in [-0.05, 0) is 29.8 Å². The van der Waals surface area contributed by atoms with Crippen LogP contribution in [0.5, 0.6) is 5.75 Å². The molecule has 0 aliphatic heterocycles. The van der Waals surface area contributed by atoms with Crippen molar-refractivity contribution in [1.82, 2.24) is 20.1 Å². The number of nitrogens with one attached hydrogen (secondary N) is 1. The van der Waals surface area contributed by atoms with Gasteiger partial charge in [0.25, 0.3) is 5.91 Å². The van der Waals surface area contributed by atoms with Crippen molar-refractivity contribution in [3.05, 3.63) is 102 Å². The summed E-state index contributed by atoms with van der Waals surface area (Å²) >= 11 is 0. The molecule has 4 rings (SSSR count). The van der Waals surface area contributed by atoms with Gasteiger partial charge in [0.2, 0.25) is 0 Å². The third-order valence-corrected chi connectivity index (χ3v) is 4.71. The summed E-state index contributed by atoms with van der Waals surface area (Å²) in [5.41, 5.74) is 3.75. The van der Waals surface area contributed by atoms with E-state index in [9.17, 15) is 4.79 Å². The quantitative estimate of drug-likeness (QED) is 0.512. The van der Waals surface area contributed by atoms with Crippen LogP contribution in [0.15, 0.2) is 85.2 Å². The number of nitrogens with zero attached hydrogens (tertiary/aromatic N) is 3. The number of methoxy groups -OCH3 is 1. The summed E-state index contributed by atoms with van der Waals surface area (Å²) in [4.78, 5) is 17.3. The minimum absolute atomic E-state index is 0.208. The molecule has 2 aromatic heterocycles. The van der Waals surface area contributed by atoms with E-state index in [-0.39, 0.29) is 5.91 Å². The second-order valence-electron chi connectivity index (χ2n) is 6.78. The van der Waals surface area contributed by atoms with E-state index < -0.39 is 0 Å². The van der Waals surface area contributed by atoms with Gasteiger partial charge in [0, 0.05) is 18.0 Å². The van der Waals surface area contributed by atoms with Gasteiger partial charge in [-0.3, -0.25) is 14.5 Å². The summed E-state index contributed by atoms with van der Waals surface area (Å²) in [6.45, 7) is 0.908. The highest BCUT2D eigenvalue weighted by atomic mass is 16.5. The summed E-state index contributed by atoms with van der Waals surface area (Å²) in [6, 6.07) is 23.2. The molecule has 0 spiro atoms. The SMILES string of the molecule is COc1ccccc1-c1nn(Cc2ccccc2)cc1C(=O)NCc1ccccn1. The zero-order valence-corrected chi connectivity index (χ0v) is 16.7. The fraction of sp³-hybridized carbons (Fsp3) is 0.125. The van der Waals surface area contributed by atoms with Crippen molar-refractivity contribution in [3.8, 4) is 17.0 Å². The maximum Gasteiger partial charge on any atom is 0.255 e. The van der Waals surface area contributed by atoms with Crippen LogP contribution < -0.4 is 10.1 Å². The van der Waals surface area contributed by atoms with E-state index in [1.54, 1.807) is 24.2 Å². The first kappa shape index (κ1) is 19.4. The normalized spacial score (nSPS) is 10.6. The van der Waals surface area contributed by atoms with Gasteiger partial charge >= 0.3 is 0 Å². The lowest BCUT2D eigenvalue weighted by Crippen LogP contribution is -2.23. The molecular formula is C24H22N4O2. The molecule has 0 aliphatic carbocycles. The first-order valence-electron chi connectivity index (χ1n) is 9.67. The number of ether oxygens (including phenoxy) is 1. The topological polar surface area (TPSA) is 69.0 Å². The van der Waals surface area contributed by atoms with Crippen LogP contribution in [0.3, 0.4) is 0 Å². The Hall–Kier alpha value is -3.93. The highest BCUT2D eigenvalue weighted by Crippen LogP contribution is 2.31. The molecule has 0 atom stereocenters. The number of pyridine rings is 1. The summed E-state index contributed by atoms with van der Waals surface area (Å²) in [6.07, 6.45) is 3.49. The molecule has 0 saturated carbocycles. The van der Waals surface area contributed by atoms with E-state index in [0.29, 0.717) is 30.1 Å². The molecule has 6 heteroatoms. The fourth-order valence-electron chi connectivity index (χ4n) is 3.25. The van der Waals surface area contributed by atoms with Crippen molar-refractivity contribution in [2.75, 3.05) is 7.11 Å². The first-order valence-corrected chi connectivity index (χ1v) is 9.67. The van der Waals surface area contributed by atoms with Gasteiger partial charge in [-0.15, -0.1) is 0 Å². The molecular weight excluding hydrogens is 376 g/mol. The maximum atomic E-state index is 13.0. The molecule has 2 aromatic carbocycles. The zero-order valence-electron chi connectivity index (χ0n) is 16.7. The number of hydrogen-bond donors (Lipinski definition) is 1. The minimum atomic E-state index is -0.208. The van der Waals surface area contributed by atoms with E-state index in [1.807, 2.05) is 72.8 Å². The molecule has 0 saturated heterocycles. The second-order valence-corrected chi connectivity index (χ2v) is 6.78. The van der Waals surface area contributed by atoms with Gasteiger partial charge in [-0.25, -0.2) is 0 Å². The lowest BCUT2D eigenvalue weighted by Gasteiger charge is -2.08. The molecule has 6 nitrogen and oxygen atoms in total. The van der Waals surface area contributed by atoms with Crippen molar-refractivity contribution < 1.29 is 9.53 Å². The third kappa shape index (κ3) is 4.38. The van der Waals surface area contributed by atoms with Gasteiger partial charge in [0.15, 0.2) is 0 Å². The number of para-hydroxylation sites is 1. The molecule has 4 aromatic rings. The molecule has 2 heterocycles. The van der Waals surface area contributed by atoms with Gasteiger partial charge in [0.1, 0.15) is 11.4 Å². The van der Waals surface area contributed by atoms with E-state index in [4.69, 9.17) is 9.84 Å². The van der Waals surface area contributed by atoms with E-state index in [1.165, 1.54) is 0 Å². The molecule has 150 valence electrons. The maximum absolute atomic E-state index is 13.0. The Morgan fingerprint density at radius 1 is 1.00 bits per heavy atom. The summed E-state index contributed by atoms with van der Waals surface area (Å²) in [5.74, 6) is 0.460. The molecule has 1 N–H and O–H groups in total. The van der Waals surface area contributed by atoms with E-state index >= 15 is 0 Å². The molecule has 0 radical (unpaired) electrons. The van der Waals surface area contributed by atoms with Crippen LogP contribution in [-0.4, -0.2) is 27.8 Å². The van der Waals surface area contributed by atoms with Gasteiger partial charge in [-0.2, -0.15) is 5.10 Å². The summed E-state index contributed by atoms with van der Waals surface area (Å²) in [5, 5.41) is 7.67. The number of hydrogen-bond acceptors (Lipinski definition) is 4. The Balaban J connectivity index is 1.67. The van der Waals surface area contributed by atoms with Gasteiger partial charge < -0.3 is 10.1 Å². The van der Waals surface area contributed by atoms with Gasteiger partial charge in [-0.1, -0.05) is 48.5 Å². The molecule has 30 heavy (non-hydrogen) atoms. The van der Waals surface area contributed by atoms with Crippen LogP contribution in [0.4, 0.5) is 0 Å². The second kappa shape index (κ2) is 9.05.